The Bertz CT molecular complexity index is 1000. The minimum absolute atomic E-state index is 0.0704. The second kappa shape index (κ2) is 9.45. The van der Waals surface area contributed by atoms with E-state index in [4.69, 9.17) is 4.52 Å². The predicted molar refractivity (Wildman–Crippen MR) is 106 cm³/mol. The van der Waals surface area contributed by atoms with Crippen molar-refractivity contribution in [2.24, 2.45) is 0 Å². The molecule has 0 aliphatic rings. The zero-order valence-electron chi connectivity index (χ0n) is 15.7. The lowest BCUT2D eigenvalue weighted by atomic mass is 10.1. The topological polar surface area (TPSA) is 75.4 Å². The summed E-state index contributed by atoms with van der Waals surface area (Å²) in [5.74, 6) is -0.841. The van der Waals surface area contributed by atoms with Crippen LogP contribution in [0.2, 0.25) is 0 Å². The van der Waals surface area contributed by atoms with E-state index in [1.165, 1.54) is 17.0 Å². The van der Waals surface area contributed by atoms with Crippen LogP contribution in [0.25, 0.3) is 11.3 Å². The van der Waals surface area contributed by atoms with Crippen molar-refractivity contribution in [2.75, 3.05) is 13.1 Å². The summed E-state index contributed by atoms with van der Waals surface area (Å²) in [7, 11) is 0. The van der Waals surface area contributed by atoms with E-state index in [1.54, 1.807) is 24.3 Å². The van der Waals surface area contributed by atoms with E-state index in [2.05, 4.69) is 17.1 Å². The number of hydrogen-bond acceptors (Lipinski definition) is 4. The van der Waals surface area contributed by atoms with E-state index in [-0.39, 0.29) is 31.2 Å². The summed E-state index contributed by atoms with van der Waals surface area (Å²) in [6.45, 7) is 3.67. The third kappa shape index (κ3) is 5.16. The molecule has 0 unspecified atom stereocenters. The predicted octanol–water partition coefficient (Wildman–Crippen LogP) is 3.43. The molecule has 3 aromatic rings. The van der Waals surface area contributed by atoms with Crippen molar-refractivity contribution in [1.82, 2.24) is 15.4 Å². The highest BCUT2D eigenvalue weighted by molar-refractivity contribution is 5.95. The quantitative estimate of drug-likeness (QED) is 0.595. The van der Waals surface area contributed by atoms with Crippen molar-refractivity contribution < 1.29 is 18.5 Å². The Kier molecular flexibility index (Phi) is 6.52. The summed E-state index contributed by atoms with van der Waals surface area (Å²) in [4.78, 5) is 26.2. The minimum Gasteiger partial charge on any atom is -0.355 e. The molecule has 0 aliphatic heterocycles. The first-order valence-electron chi connectivity index (χ1n) is 9.01. The zero-order valence-corrected chi connectivity index (χ0v) is 15.7. The minimum atomic E-state index is -0.534. The molecule has 2 aromatic carbocycles. The van der Waals surface area contributed by atoms with Gasteiger partial charge >= 0.3 is 0 Å². The standard InChI is InChI=1S/C22H20FN3O3/c1-2-12-26(15-17-10-6-7-11-18(17)23)21(27)14-24-22(28)19-13-20(29-25-19)16-8-4-3-5-9-16/h2-11,13H,1,12,14-15H2,(H,24,28). The van der Waals surface area contributed by atoms with Gasteiger partial charge in [-0.05, 0) is 6.07 Å². The number of nitrogens with one attached hydrogen (secondary N) is 1. The highest BCUT2D eigenvalue weighted by Crippen LogP contribution is 2.19. The summed E-state index contributed by atoms with van der Waals surface area (Å²) >= 11 is 0. The van der Waals surface area contributed by atoms with E-state index >= 15 is 0 Å². The van der Waals surface area contributed by atoms with Gasteiger partial charge in [0.25, 0.3) is 5.91 Å². The molecule has 148 valence electrons. The molecule has 0 atom stereocenters. The van der Waals surface area contributed by atoms with Crippen LogP contribution < -0.4 is 5.32 Å². The normalized spacial score (nSPS) is 10.4. The SMILES string of the molecule is C=CCN(Cc1ccccc1F)C(=O)CNC(=O)c1cc(-c2ccccc2)on1. The van der Waals surface area contributed by atoms with Crippen molar-refractivity contribution in [3.05, 3.63) is 90.4 Å². The first kappa shape index (κ1) is 20.0. The Morgan fingerprint density at radius 3 is 2.59 bits per heavy atom. The van der Waals surface area contributed by atoms with Crippen molar-refractivity contribution in [3.8, 4) is 11.3 Å². The van der Waals surface area contributed by atoms with Crippen LogP contribution in [0.3, 0.4) is 0 Å². The third-order valence-corrected chi connectivity index (χ3v) is 4.22. The van der Waals surface area contributed by atoms with Crippen LogP contribution in [0.5, 0.6) is 0 Å². The van der Waals surface area contributed by atoms with Gasteiger partial charge in [0, 0.05) is 30.3 Å². The van der Waals surface area contributed by atoms with E-state index in [1.807, 2.05) is 30.3 Å². The highest BCUT2D eigenvalue weighted by atomic mass is 19.1. The molecule has 7 heteroatoms. The van der Waals surface area contributed by atoms with Gasteiger partial charge in [-0.2, -0.15) is 0 Å². The van der Waals surface area contributed by atoms with E-state index < -0.39 is 11.7 Å². The smallest absolute Gasteiger partial charge is 0.273 e. The van der Waals surface area contributed by atoms with Crippen LogP contribution in [0.4, 0.5) is 4.39 Å². The van der Waals surface area contributed by atoms with Crippen LogP contribution in [-0.4, -0.2) is 35.0 Å². The number of halogens is 1. The summed E-state index contributed by atoms with van der Waals surface area (Å²) < 4.78 is 19.1. The first-order chi connectivity index (χ1) is 14.1. The number of rotatable bonds is 8. The van der Waals surface area contributed by atoms with Crippen molar-refractivity contribution in [2.45, 2.75) is 6.54 Å². The summed E-state index contributed by atoms with van der Waals surface area (Å²) in [6, 6.07) is 17.0. The second-order valence-electron chi connectivity index (χ2n) is 6.28. The number of hydrogen-bond donors (Lipinski definition) is 1. The Morgan fingerprint density at radius 2 is 1.86 bits per heavy atom. The van der Waals surface area contributed by atoms with E-state index in [0.717, 1.165) is 5.56 Å². The number of aromatic nitrogens is 1. The molecular formula is C22H20FN3O3. The fourth-order valence-electron chi connectivity index (χ4n) is 2.72. The van der Waals surface area contributed by atoms with Gasteiger partial charge in [0.2, 0.25) is 5.91 Å². The van der Waals surface area contributed by atoms with E-state index in [0.29, 0.717) is 11.3 Å². The largest absolute Gasteiger partial charge is 0.355 e. The molecule has 0 aliphatic carbocycles. The number of benzene rings is 2. The fourth-order valence-corrected chi connectivity index (χ4v) is 2.72. The van der Waals surface area contributed by atoms with Crippen LogP contribution in [0, 0.1) is 5.82 Å². The van der Waals surface area contributed by atoms with Crippen molar-refractivity contribution in [3.63, 3.8) is 0 Å². The van der Waals surface area contributed by atoms with Crippen molar-refractivity contribution >= 4 is 11.8 Å². The van der Waals surface area contributed by atoms with Crippen LogP contribution >= 0.6 is 0 Å². The molecule has 2 amide bonds. The Balaban J connectivity index is 1.61. The maximum absolute atomic E-state index is 13.9. The lowest BCUT2D eigenvalue weighted by molar-refractivity contribution is -0.130. The molecule has 0 radical (unpaired) electrons. The lowest BCUT2D eigenvalue weighted by Crippen LogP contribution is -2.40. The second-order valence-corrected chi connectivity index (χ2v) is 6.28. The molecule has 0 saturated heterocycles. The maximum atomic E-state index is 13.9. The zero-order chi connectivity index (χ0) is 20.6. The molecule has 1 heterocycles. The summed E-state index contributed by atoms with van der Waals surface area (Å²) in [6.07, 6.45) is 1.55. The molecule has 0 fully saturated rings. The van der Waals surface area contributed by atoms with Crippen LogP contribution in [0.1, 0.15) is 16.1 Å². The highest BCUT2D eigenvalue weighted by Gasteiger charge is 2.18. The molecule has 6 nitrogen and oxygen atoms in total. The van der Waals surface area contributed by atoms with Gasteiger partial charge in [0.15, 0.2) is 11.5 Å². The molecule has 0 saturated carbocycles. The number of amides is 2. The fraction of sp³-hybridized carbons (Fsp3) is 0.136. The molecule has 0 spiro atoms. The van der Waals surface area contributed by atoms with E-state index in [9.17, 15) is 14.0 Å². The van der Waals surface area contributed by atoms with Gasteiger partial charge < -0.3 is 14.7 Å². The molecule has 1 N–H and O–H groups in total. The first-order valence-corrected chi connectivity index (χ1v) is 9.01. The van der Waals surface area contributed by atoms with Crippen LogP contribution in [0.15, 0.2) is 77.8 Å². The Labute approximate surface area is 167 Å². The number of nitrogens with zero attached hydrogens (tertiary/aromatic N) is 2. The average molecular weight is 393 g/mol. The number of carbonyl (C=O) groups excluding carboxylic acids is 2. The average Bonchev–Trinajstić information content (AvgIpc) is 3.24. The summed E-state index contributed by atoms with van der Waals surface area (Å²) in [5.41, 5.74) is 1.25. The van der Waals surface area contributed by atoms with Gasteiger partial charge in [0.1, 0.15) is 5.82 Å². The van der Waals surface area contributed by atoms with Gasteiger partial charge in [-0.15, -0.1) is 6.58 Å². The molecule has 0 bridgehead atoms. The monoisotopic (exact) mass is 393 g/mol. The lowest BCUT2D eigenvalue weighted by Gasteiger charge is -2.21. The van der Waals surface area contributed by atoms with Gasteiger partial charge in [-0.3, -0.25) is 9.59 Å². The molecule has 1 aromatic heterocycles. The van der Waals surface area contributed by atoms with Gasteiger partial charge in [-0.1, -0.05) is 59.8 Å². The van der Waals surface area contributed by atoms with Crippen molar-refractivity contribution in [1.29, 1.82) is 0 Å². The summed E-state index contributed by atoms with van der Waals surface area (Å²) in [5, 5.41) is 6.28. The maximum Gasteiger partial charge on any atom is 0.273 e. The Hall–Kier alpha value is -3.74. The molecule has 29 heavy (non-hydrogen) atoms. The molecule has 3 rings (SSSR count). The Morgan fingerprint density at radius 1 is 1.14 bits per heavy atom. The molecular weight excluding hydrogens is 373 g/mol. The van der Waals surface area contributed by atoms with Gasteiger partial charge in [0.05, 0.1) is 6.54 Å². The van der Waals surface area contributed by atoms with Gasteiger partial charge in [-0.25, -0.2) is 4.39 Å². The number of carbonyl (C=O) groups is 2. The third-order valence-electron chi connectivity index (χ3n) is 4.22. The van der Waals surface area contributed by atoms with Crippen LogP contribution in [-0.2, 0) is 11.3 Å².